The maximum Gasteiger partial charge on any atom is 0.433 e. The van der Waals surface area contributed by atoms with Gasteiger partial charge < -0.3 is 0 Å². The van der Waals surface area contributed by atoms with Crippen molar-refractivity contribution in [3.63, 3.8) is 0 Å². The summed E-state index contributed by atoms with van der Waals surface area (Å²) in [6.07, 6.45) is -9.94. The van der Waals surface area contributed by atoms with Gasteiger partial charge in [-0.1, -0.05) is 60.7 Å². The molecule has 0 saturated carbocycles. The van der Waals surface area contributed by atoms with Crippen LogP contribution in [0.25, 0.3) is 0 Å². The van der Waals surface area contributed by atoms with Gasteiger partial charge in [0.05, 0.1) is 0 Å². The third-order valence-electron chi connectivity index (χ3n) is 3.00. The fraction of sp³-hybridized carbons (Fsp3) is 0.188. The van der Waals surface area contributed by atoms with E-state index in [1.54, 1.807) is 0 Å². The summed E-state index contributed by atoms with van der Waals surface area (Å²) in [6, 6.07) is 9.96. The number of hydrogen-bond acceptors (Lipinski definition) is 1. The smallest absolute Gasteiger partial charge is 0.262 e. The highest BCUT2D eigenvalue weighted by Crippen LogP contribution is 2.38. The minimum atomic E-state index is -5.00. The Morgan fingerprint density at radius 3 is 1.65 bits per heavy atom. The normalized spacial score (nSPS) is 14.6. The molecule has 1 unspecified atom stereocenters. The maximum absolute atomic E-state index is 13.2. The number of benzene rings is 2. The van der Waals surface area contributed by atoms with E-state index in [4.69, 9.17) is 0 Å². The molecule has 122 valence electrons. The minimum Gasteiger partial charge on any atom is -0.262 e. The van der Waals surface area contributed by atoms with Crippen molar-refractivity contribution in [3.8, 4) is 0 Å². The van der Waals surface area contributed by atoms with Crippen molar-refractivity contribution in [2.24, 2.45) is 4.99 Å². The first-order valence-electron chi connectivity index (χ1n) is 6.51. The summed E-state index contributed by atoms with van der Waals surface area (Å²) in [4.78, 5) is 3.03. The van der Waals surface area contributed by atoms with E-state index in [-0.39, 0.29) is 5.56 Å². The van der Waals surface area contributed by atoms with Crippen LogP contribution in [0.3, 0.4) is 0 Å². The van der Waals surface area contributed by atoms with Crippen LogP contribution in [-0.4, -0.2) is 18.1 Å². The van der Waals surface area contributed by atoms with E-state index < -0.39 is 29.7 Å². The maximum atomic E-state index is 13.2. The number of rotatable bonds is 3. The quantitative estimate of drug-likeness (QED) is 0.532. The van der Waals surface area contributed by atoms with Gasteiger partial charge in [0.2, 0.25) is 0 Å². The predicted molar refractivity (Wildman–Crippen MR) is 74.3 cm³/mol. The Bertz CT molecular complexity index is 658. The Labute approximate surface area is 128 Å². The van der Waals surface area contributed by atoms with E-state index in [1.165, 1.54) is 36.4 Å². The van der Waals surface area contributed by atoms with Gasteiger partial charge in [-0.15, -0.1) is 0 Å². The first kappa shape index (κ1) is 17.1. The van der Waals surface area contributed by atoms with Crippen molar-refractivity contribution in [3.05, 3.63) is 71.8 Å². The zero-order valence-corrected chi connectivity index (χ0v) is 11.6. The molecule has 0 aliphatic rings. The largest absolute Gasteiger partial charge is 0.433 e. The molecular weight excluding hydrogens is 320 g/mol. The van der Waals surface area contributed by atoms with E-state index in [0.29, 0.717) is 0 Å². The van der Waals surface area contributed by atoms with Crippen molar-refractivity contribution in [2.75, 3.05) is 0 Å². The van der Waals surface area contributed by atoms with E-state index in [0.717, 1.165) is 24.3 Å². The summed E-state index contributed by atoms with van der Waals surface area (Å²) >= 11 is 0. The molecule has 0 spiro atoms. The number of nitrogens with zero attached hydrogens (tertiary/aromatic N) is 1. The van der Waals surface area contributed by atoms with Crippen molar-refractivity contribution in [1.82, 2.24) is 0 Å². The molecule has 0 aliphatic carbocycles. The van der Waals surface area contributed by atoms with Crippen LogP contribution >= 0.6 is 0 Å². The second-order valence-electron chi connectivity index (χ2n) is 4.70. The summed E-state index contributed by atoms with van der Waals surface area (Å²) in [5, 5.41) is 0. The standard InChI is InChI=1S/C16H11F6N/c17-15(18,19)13(11-7-3-1-4-8-11)23-14(16(20,21)22)12-9-5-2-6-10-12/h1-10,13H/b23-14+. The summed E-state index contributed by atoms with van der Waals surface area (Å²) in [5.74, 6) is 0. The number of alkyl halides is 6. The van der Waals surface area contributed by atoms with Gasteiger partial charge in [-0.2, -0.15) is 26.3 Å². The highest BCUT2D eigenvalue weighted by Gasteiger charge is 2.44. The van der Waals surface area contributed by atoms with Crippen LogP contribution in [0.1, 0.15) is 17.2 Å². The highest BCUT2D eigenvalue weighted by atomic mass is 19.4. The Morgan fingerprint density at radius 2 is 1.22 bits per heavy atom. The topological polar surface area (TPSA) is 12.4 Å². The lowest BCUT2D eigenvalue weighted by Crippen LogP contribution is -2.28. The molecule has 1 nitrogen and oxygen atoms in total. The fourth-order valence-corrected chi connectivity index (χ4v) is 2.01. The van der Waals surface area contributed by atoms with Crippen LogP contribution in [-0.2, 0) is 0 Å². The Morgan fingerprint density at radius 1 is 0.739 bits per heavy atom. The first-order valence-corrected chi connectivity index (χ1v) is 6.51. The third kappa shape index (κ3) is 4.34. The molecule has 2 aromatic rings. The Balaban J connectivity index is 2.58. The number of hydrogen-bond donors (Lipinski definition) is 0. The van der Waals surface area contributed by atoms with Crippen LogP contribution in [0, 0.1) is 0 Å². The molecule has 7 heteroatoms. The molecule has 2 aromatic carbocycles. The van der Waals surface area contributed by atoms with E-state index in [1.807, 2.05) is 0 Å². The van der Waals surface area contributed by atoms with Gasteiger partial charge in [-0.25, -0.2) is 0 Å². The molecule has 0 heterocycles. The molecule has 0 aliphatic heterocycles. The van der Waals surface area contributed by atoms with Crippen LogP contribution in [0.4, 0.5) is 26.3 Å². The molecule has 23 heavy (non-hydrogen) atoms. The summed E-state index contributed by atoms with van der Waals surface area (Å²) < 4.78 is 79.1. The molecule has 0 saturated heterocycles. The second-order valence-corrected chi connectivity index (χ2v) is 4.70. The van der Waals surface area contributed by atoms with Crippen LogP contribution < -0.4 is 0 Å². The fourth-order valence-electron chi connectivity index (χ4n) is 2.01. The van der Waals surface area contributed by atoms with Gasteiger partial charge in [-0.3, -0.25) is 4.99 Å². The molecule has 0 N–H and O–H groups in total. The van der Waals surface area contributed by atoms with Crippen LogP contribution in [0.2, 0.25) is 0 Å². The minimum absolute atomic E-state index is 0.349. The molecule has 0 radical (unpaired) electrons. The van der Waals surface area contributed by atoms with Crippen molar-refractivity contribution < 1.29 is 26.3 Å². The molecule has 0 bridgehead atoms. The lowest BCUT2D eigenvalue weighted by molar-refractivity contribution is -0.149. The third-order valence-corrected chi connectivity index (χ3v) is 3.00. The zero-order valence-electron chi connectivity index (χ0n) is 11.6. The Kier molecular flexibility index (Phi) is 4.77. The lowest BCUT2D eigenvalue weighted by atomic mass is 10.1. The van der Waals surface area contributed by atoms with Gasteiger partial charge in [-0.05, 0) is 5.56 Å². The molecule has 0 fully saturated rings. The van der Waals surface area contributed by atoms with Crippen LogP contribution in [0.15, 0.2) is 65.7 Å². The SMILES string of the molecule is FC(F)(F)/C(=N/C(c1ccccc1)C(F)(F)F)c1ccccc1. The van der Waals surface area contributed by atoms with Crippen molar-refractivity contribution in [1.29, 1.82) is 0 Å². The molecular formula is C16H11F6N. The van der Waals surface area contributed by atoms with Gasteiger partial charge >= 0.3 is 12.4 Å². The zero-order chi connectivity index (χ0) is 17.1. The van der Waals surface area contributed by atoms with E-state index in [9.17, 15) is 26.3 Å². The molecule has 1 atom stereocenters. The van der Waals surface area contributed by atoms with Crippen molar-refractivity contribution >= 4 is 5.71 Å². The molecule has 0 aromatic heterocycles. The van der Waals surface area contributed by atoms with Gasteiger partial charge in [0, 0.05) is 5.56 Å². The van der Waals surface area contributed by atoms with Crippen LogP contribution in [0.5, 0.6) is 0 Å². The summed E-state index contributed by atoms with van der Waals surface area (Å²) in [5.41, 5.74) is -2.31. The lowest BCUT2D eigenvalue weighted by Gasteiger charge is -2.20. The van der Waals surface area contributed by atoms with Crippen molar-refractivity contribution in [2.45, 2.75) is 18.4 Å². The second kappa shape index (κ2) is 6.44. The Hall–Kier alpha value is -2.31. The van der Waals surface area contributed by atoms with E-state index in [2.05, 4.69) is 4.99 Å². The molecule has 2 rings (SSSR count). The molecule has 0 amide bonds. The first-order chi connectivity index (χ1) is 10.7. The monoisotopic (exact) mass is 331 g/mol. The average molecular weight is 331 g/mol. The highest BCUT2D eigenvalue weighted by molar-refractivity contribution is 6.04. The van der Waals surface area contributed by atoms with Gasteiger partial charge in [0.1, 0.15) is 5.71 Å². The van der Waals surface area contributed by atoms with Gasteiger partial charge in [0.25, 0.3) is 0 Å². The number of halogens is 6. The van der Waals surface area contributed by atoms with Gasteiger partial charge in [0.15, 0.2) is 6.04 Å². The average Bonchev–Trinajstić information content (AvgIpc) is 2.47. The van der Waals surface area contributed by atoms with E-state index >= 15 is 0 Å². The predicted octanol–water partition coefficient (Wildman–Crippen LogP) is 5.34. The summed E-state index contributed by atoms with van der Waals surface area (Å²) in [7, 11) is 0. The number of aliphatic imine (C=N–C) groups is 1. The summed E-state index contributed by atoms with van der Waals surface area (Å²) in [6.45, 7) is 0.